The highest BCUT2D eigenvalue weighted by Gasteiger charge is 2.06. The van der Waals surface area contributed by atoms with Gasteiger partial charge in [0.1, 0.15) is 0 Å². The maximum atomic E-state index is 11.3. The van der Waals surface area contributed by atoms with Crippen LogP contribution < -0.4 is 5.32 Å². The number of hydrogen-bond acceptors (Lipinski definition) is 1. The van der Waals surface area contributed by atoms with Gasteiger partial charge in [-0.1, -0.05) is 30.7 Å². The predicted molar refractivity (Wildman–Crippen MR) is 59.7 cm³/mol. The number of benzene rings is 1. The van der Waals surface area contributed by atoms with Crippen LogP contribution in [0.25, 0.3) is 0 Å². The Hall–Kier alpha value is -1.02. The second-order valence-corrected chi connectivity index (χ2v) is 3.64. The first-order valence-corrected chi connectivity index (χ1v) is 5.08. The molecule has 2 nitrogen and oxygen atoms in total. The van der Waals surface area contributed by atoms with E-state index >= 15 is 0 Å². The van der Waals surface area contributed by atoms with Crippen LogP contribution in [0.1, 0.15) is 25.3 Å². The quantitative estimate of drug-likeness (QED) is 0.816. The zero-order valence-electron chi connectivity index (χ0n) is 8.43. The van der Waals surface area contributed by atoms with Gasteiger partial charge in [-0.15, -0.1) is 0 Å². The molecule has 1 amide bonds. The molecule has 0 unspecified atom stereocenters. The summed E-state index contributed by atoms with van der Waals surface area (Å²) in [5, 5.41) is 3.40. The summed E-state index contributed by atoms with van der Waals surface area (Å²) in [5.41, 5.74) is 1.72. The predicted octanol–water partition coefficient (Wildman–Crippen LogP) is 3.39. The number of aryl methyl sites for hydroxylation is 1. The van der Waals surface area contributed by atoms with Gasteiger partial charge < -0.3 is 5.32 Å². The summed E-state index contributed by atoms with van der Waals surface area (Å²) >= 11 is 5.96. The van der Waals surface area contributed by atoms with Crippen LogP contribution in [-0.2, 0) is 4.79 Å². The summed E-state index contributed by atoms with van der Waals surface area (Å²) in [5.74, 6) is 0.0173. The van der Waals surface area contributed by atoms with Crippen LogP contribution in [0, 0.1) is 6.92 Å². The van der Waals surface area contributed by atoms with E-state index in [4.69, 9.17) is 11.6 Å². The normalized spacial score (nSPS) is 9.93. The fraction of sp³-hybridized carbons (Fsp3) is 0.364. The van der Waals surface area contributed by atoms with Crippen molar-refractivity contribution < 1.29 is 4.79 Å². The van der Waals surface area contributed by atoms with Gasteiger partial charge in [-0.3, -0.25) is 4.79 Å². The average Bonchev–Trinajstić information content (AvgIpc) is 2.12. The first-order chi connectivity index (χ1) is 6.65. The molecular weight excluding hydrogens is 198 g/mol. The van der Waals surface area contributed by atoms with Gasteiger partial charge in [0.25, 0.3) is 0 Å². The van der Waals surface area contributed by atoms with Crippen molar-refractivity contribution in [2.75, 3.05) is 5.32 Å². The van der Waals surface area contributed by atoms with Gasteiger partial charge in [-0.25, -0.2) is 0 Å². The van der Waals surface area contributed by atoms with Crippen molar-refractivity contribution in [2.24, 2.45) is 0 Å². The summed E-state index contributed by atoms with van der Waals surface area (Å²) in [4.78, 5) is 11.3. The number of halogens is 1. The third kappa shape index (κ3) is 2.74. The van der Waals surface area contributed by atoms with Crippen molar-refractivity contribution >= 4 is 23.2 Å². The first-order valence-electron chi connectivity index (χ1n) is 4.70. The Kier molecular flexibility index (Phi) is 3.96. The number of carbonyl (C=O) groups is 1. The molecule has 1 N–H and O–H groups in total. The van der Waals surface area contributed by atoms with Crippen molar-refractivity contribution in [1.82, 2.24) is 0 Å². The Morgan fingerprint density at radius 3 is 2.79 bits per heavy atom. The molecule has 76 valence electrons. The monoisotopic (exact) mass is 211 g/mol. The highest BCUT2D eigenvalue weighted by molar-refractivity contribution is 6.33. The van der Waals surface area contributed by atoms with E-state index in [-0.39, 0.29) is 5.91 Å². The number of rotatable bonds is 3. The van der Waals surface area contributed by atoms with Crippen LogP contribution in [0.3, 0.4) is 0 Å². The fourth-order valence-corrected chi connectivity index (χ4v) is 1.49. The third-order valence-corrected chi connectivity index (χ3v) is 2.28. The summed E-state index contributed by atoms with van der Waals surface area (Å²) in [6, 6.07) is 5.57. The minimum absolute atomic E-state index is 0.0173. The van der Waals surface area contributed by atoms with E-state index < -0.39 is 0 Å². The zero-order chi connectivity index (χ0) is 10.6. The summed E-state index contributed by atoms with van der Waals surface area (Å²) in [6.07, 6.45) is 1.37. The van der Waals surface area contributed by atoms with Crippen molar-refractivity contribution in [1.29, 1.82) is 0 Å². The van der Waals surface area contributed by atoms with E-state index in [2.05, 4.69) is 5.32 Å². The maximum Gasteiger partial charge on any atom is 0.224 e. The molecular formula is C11H14ClNO. The lowest BCUT2D eigenvalue weighted by Crippen LogP contribution is -2.11. The molecule has 3 heteroatoms. The number of para-hydroxylation sites is 1. The second kappa shape index (κ2) is 5.01. The Morgan fingerprint density at radius 2 is 2.21 bits per heavy atom. The van der Waals surface area contributed by atoms with Gasteiger partial charge in [-0.05, 0) is 25.0 Å². The van der Waals surface area contributed by atoms with Gasteiger partial charge >= 0.3 is 0 Å². The van der Waals surface area contributed by atoms with Crippen LogP contribution >= 0.6 is 11.6 Å². The van der Waals surface area contributed by atoms with Crippen molar-refractivity contribution in [3.05, 3.63) is 28.8 Å². The minimum Gasteiger partial charge on any atom is -0.325 e. The molecule has 0 heterocycles. The van der Waals surface area contributed by atoms with Gasteiger partial charge in [0.15, 0.2) is 0 Å². The topological polar surface area (TPSA) is 29.1 Å². The molecule has 0 saturated carbocycles. The number of hydrogen-bond donors (Lipinski definition) is 1. The SMILES string of the molecule is CCCC(=O)Nc1c(C)cccc1Cl. The highest BCUT2D eigenvalue weighted by atomic mass is 35.5. The minimum atomic E-state index is 0.0173. The molecule has 0 aliphatic heterocycles. The lowest BCUT2D eigenvalue weighted by Gasteiger charge is -2.09. The molecule has 0 atom stereocenters. The molecule has 1 aromatic rings. The van der Waals surface area contributed by atoms with Gasteiger partial charge in [-0.2, -0.15) is 0 Å². The summed E-state index contributed by atoms with van der Waals surface area (Å²) in [6.45, 7) is 3.90. The van der Waals surface area contributed by atoms with Crippen molar-refractivity contribution in [2.45, 2.75) is 26.7 Å². The molecule has 0 aliphatic rings. The molecule has 0 spiro atoms. The molecule has 0 saturated heterocycles. The Morgan fingerprint density at radius 1 is 1.50 bits per heavy atom. The van der Waals surface area contributed by atoms with E-state index in [0.29, 0.717) is 11.4 Å². The molecule has 0 bridgehead atoms. The third-order valence-electron chi connectivity index (χ3n) is 1.96. The average molecular weight is 212 g/mol. The van der Waals surface area contributed by atoms with Crippen molar-refractivity contribution in [3.63, 3.8) is 0 Å². The Bertz CT molecular complexity index is 316. The zero-order valence-corrected chi connectivity index (χ0v) is 9.19. The van der Waals surface area contributed by atoms with Crippen LogP contribution in [-0.4, -0.2) is 5.91 Å². The van der Waals surface area contributed by atoms with Crippen LogP contribution in [0.15, 0.2) is 18.2 Å². The van der Waals surface area contributed by atoms with Gasteiger partial charge in [0, 0.05) is 6.42 Å². The van der Waals surface area contributed by atoms with E-state index in [9.17, 15) is 4.79 Å². The maximum absolute atomic E-state index is 11.3. The van der Waals surface area contributed by atoms with Gasteiger partial charge in [0.2, 0.25) is 5.91 Å². The summed E-state index contributed by atoms with van der Waals surface area (Å²) < 4.78 is 0. The molecule has 14 heavy (non-hydrogen) atoms. The van der Waals surface area contributed by atoms with Crippen LogP contribution in [0.4, 0.5) is 5.69 Å². The number of nitrogens with one attached hydrogen (secondary N) is 1. The molecule has 0 aliphatic carbocycles. The van der Waals surface area contributed by atoms with Crippen LogP contribution in [0.5, 0.6) is 0 Å². The number of carbonyl (C=O) groups excluding carboxylic acids is 1. The number of amides is 1. The van der Waals surface area contributed by atoms with E-state index in [1.54, 1.807) is 6.07 Å². The molecule has 0 radical (unpaired) electrons. The Labute approximate surface area is 89.3 Å². The van der Waals surface area contributed by atoms with Gasteiger partial charge in [0.05, 0.1) is 10.7 Å². The van der Waals surface area contributed by atoms with E-state index in [0.717, 1.165) is 17.7 Å². The number of anilines is 1. The molecule has 0 fully saturated rings. The largest absolute Gasteiger partial charge is 0.325 e. The van der Waals surface area contributed by atoms with E-state index in [1.807, 2.05) is 26.0 Å². The smallest absolute Gasteiger partial charge is 0.224 e. The van der Waals surface area contributed by atoms with E-state index in [1.165, 1.54) is 0 Å². The summed E-state index contributed by atoms with van der Waals surface area (Å²) in [7, 11) is 0. The van der Waals surface area contributed by atoms with Crippen LogP contribution in [0.2, 0.25) is 5.02 Å². The van der Waals surface area contributed by atoms with Crippen molar-refractivity contribution in [3.8, 4) is 0 Å². The lowest BCUT2D eigenvalue weighted by molar-refractivity contribution is -0.116. The molecule has 1 rings (SSSR count). The first kappa shape index (κ1) is 11.1. The second-order valence-electron chi connectivity index (χ2n) is 3.23. The highest BCUT2D eigenvalue weighted by Crippen LogP contribution is 2.25. The standard InChI is InChI=1S/C11H14ClNO/c1-3-5-10(14)13-11-8(2)6-4-7-9(11)12/h4,6-7H,3,5H2,1-2H3,(H,13,14). The Balaban J connectivity index is 2.80. The molecule has 0 aromatic heterocycles. The molecule has 1 aromatic carbocycles. The fourth-order valence-electron chi connectivity index (χ4n) is 1.22. The lowest BCUT2D eigenvalue weighted by atomic mass is 10.2.